The van der Waals surface area contributed by atoms with E-state index < -0.39 is 0 Å². The summed E-state index contributed by atoms with van der Waals surface area (Å²) in [6, 6.07) is 8.27. The van der Waals surface area contributed by atoms with Gasteiger partial charge < -0.3 is 9.64 Å². The fourth-order valence-electron chi connectivity index (χ4n) is 3.10. The van der Waals surface area contributed by atoms with Crippen LogP contribution in [0.3, 0.4) is 0 Å². The van der Waals surface area contributed by atoms with Gasteiger partial charge in [-0.15, -0.1) is 0 Å². The highest BCUT2D eigenvalue weighted by Crippen LogP contribution is 2.43. The lowest BCUT2D eigenvalue weighted by Crippen LogP contribution is -2.34. The van der Waals surface area contributed by atoms with Crippen molar-refractivity contribution >= 4 is 17.6 Å². The molecule has 0 radical (unpaired) electrons. The van der Waals surface area contributed by atoms with E-state index in [4.69, 9.17) is 4.74 Å². The summed E-state index contributed by atoms with van der Waals surface area (Å²) in [6.07, 6.45) is 2.37. The Morgan fingerprint density at radius 1 is 1.40 bits per heavy atom. The van der Waals surface area contributed by atoms with E-state index in [2.05, 4.69) is 20.9 Å². The van der Waals surface area contributed by atoms with Gasteiger partial charge >= 0.3 is 0 Å². The number of hydrogen-bond acceptors (Lipinski definition) is 5. The summed E-state index contributed by atoms with van der Waals surface area (Å²) in [7, 11) is 0. The molecule has 2 aliphatic rings. The standard InChI is InChI=1S/C14H13N3O2S/c18-13(12-7-15-20-16-12)17-6-5-14(9-17)11-4-2-1-3-10(11)8-19-14/h1-4,7H,5-6,8-9H2/t14-/m1/s1. The van der Waals surface area contributed by atoms with E-state index in [1.807, 2.05) is 17.0 Å². The zero-order valence-corrected chi connectivity index (χ0v) is 11.6. The van der Waals surface area contributed by atoms with Gasteiger partial charge in [0.15, 0.2) is 5.69 Å². The number of hydrogen-bond donors (Lipinski definition) is 0. The molecule has 1 saturated heterocycles. The molecule has 0 bridgehead atoms. The van der Waals surface area contributed by atoms with Crippen molar-refractivity contribution in [1.29, 1.82) is 0 Å². The maximum Gasteiger partial charge on any atom is 0.275 e. The van der Waals surface area contributed by atoms with E-state index in [0.29, 0.717) is 25.4 Å². The third kappa shape index (κ3) is 1.68. The van der Waals surface area contributed by atoms with Gasteiger partial charge in [-0.2, -0.15) is 8.75 Å². The van der Waals surface area contributed by atoms with Crippen molar-refractivity contribution in [1.82, 2.24) is 13.6 Å². The lowest BCUT2D eigenvalue weighted by atomic mass is 9.92. The fraction of sp³-hybridized carbons (Fsp3) is 0.357. The Kier molecular flexibility index (Phi) is 2.61. The molecule has 0 unspecified atom stereocenters. The number of fused-ring (bicyclic) bond motifs is 2. The maximum absolute atomic E-state index is 12.3. The van der Waals surface area contributed by atoms with Crippen molar-refractivity contribution in [2.24, 2.45) is 0 Å². The Morgan fingerprint density at radius 2 is 2.30 bits per heavy atom. The van der Waals surface area contributed by atoms with Crippen molar-refractivity contribution in [2.75, 3.05) is 13.1 Å². The predicted molar refractivity (Wildman–Crippen MR) is 73.3 cm³/mol. The van der Waals surface area contributed by atoms with Crippen LogP contribution in [-0.2, 0) is 16.9 Å². The van der Waals surface area contributed by atoms with Crippen LogP contribution < -0.4 is 0 Å². The number of aromatic nitrogens is 2. The summed E-state index contributed by atoms with van der Waals surface area (Å²) >= 11 is 1.06. The molecular formula is C14H13N3O2S. The Labute approximate surface area is 120 Å². The Hall–Kier alpha value is -1.79. The summed E-state index contributed by atoms with van der Waals surface area (Å²) in [4.78, 5) is 14.2. The van der Waals surface area contributed by atoms with Crippen molar-refractivity contribution < 1.29 is 9.53 Å². The molecule has 20 heavy (non-hydrogen) atoms. The quantitative estimate of drug-likeness (QED) is 0.802. The first-order valence-electron chi connectivity index (χ1n) is 6.58. The highest BCUT2D eigenvalue weighted by Gasteiger charge is 2.46. The van der Waals surface area contributed by atoms with Gasteiger partial charge in [0.25, 0.3) is 5.91 Å². The molecule has 6 heteroatoms. The van der Waals surface area contributed by atoms with Crippen LogP contribution in [0, 0.1) is 0 Å². The topological polar surface area (TPSA) is 55.3 Å². The molecule has 1 amide bonds. The van der Waals surface area contributed by atoms with E-state index in [1.165, 1.54) is 17.3 Å². The second-order valence-corrected chi connectivity index (χ2v) is 5.77. The number of carbonyl (C=O) groups is 1. The molecule has 3 heterocycles. The van der Waals surface area contributed by atoms with Gasteiger partial charge in [0, 0.05) is 6.54 Å². The zero-order chi connectivity index (χ0) is 13.6. The zero-order valence-electron chi connectivity index (χ0n) is 10.8. The highest BCUT2D eigenvalue weighted by atomic mass is 32.1. The molecular weight excluding hydrogens is 274 g/mol. The monoisotopic (exact) mass is 287 g/mol. The largest absolute Gasteiger partial charge is 0.364 e. The molecule has 2 aromatic rings. The first kappa shape index (κ1) is 12.0. The summed E-state index contributed by atoms with van der Waals surface area (Å²) in [5.74, 6) is -0.0522. The third-order valence-electron chi connectivity index (χ3n) is 4.11. The summed E-state index contributed by atoms with van der Waals surface area (Å²) < 4.78 is 14.0. The van der Waals surface area contributed by atoms with Crippen LogP contribution in [0.2, 0.25) is 0 Å². The van der Waals surface area contributed by atoms with E-state index in [0.717, 1.165) is 18.1 Å². The normalized spacial score (nSPS) is 24.3. The predicted octanol–water partition coefficient (Wildman–Crippen LogP) is 1.81. The minimum atomic E-state index is -0.324. The number of amides is 1. The molecule has 2 aliphatic heterocycles. The number of ether oxygens (including phenoxy) is 1. The summed E-state index contributed by atoms with van der Waals surface area (Å²) in [5, 5.41) is 0. The SMILES string of the molecule is O=C(c1cnsn1)N1CC[C@]2(C1)OCc1ccccc12. The number of likely N-dealkylation sites (tertiary alicyclic amines) is 1. The van der Waals surface area contributed by atoms with Gasteiger partial charge in [-0.05, 0) is 17.5 Å². The van der Waals surface area contributed by atoms with Gasteiger partial charge in [-0.3, -0.25) is 4.79 Å². The Morgan fingerprint density at radius 3 is 3.15 bits per heavy atom. The molecule has 0 N–H and O–H groups in total. The first-order valence-corrected chi connectivity index (χ1v) is 7.31. The van der Waals surface area contributed by atoms with Crippen LogP contribution in [0.5, 0.6) is 0 Å². The number of rotatable bonds is 1. The Bertz CT molecular complexity index is 658. The van der Waals surface area contributed by atoms with Crippen molar-refractivity contribution in [3.05, 3.63) is 47.3 Å². The lowest BCUT2D eigenvalue weighted by Gasteiger charge is -2.24. The molecule has 4 rings (SSSR count). The van der Waals surface area contributed by atoms with Gasteiger partial charge in [-0.25, -0.2) is 0 Å². The van der Waals surface area contributed by atoms with Crippen LogP contribution in [0.15, 0.2) is 30.5 Å². The second-order valence-electron chi connectivity index (χ2n) is 5.21. The molecule has 102 valence electrons. The van der Waals surface area contributed by atoms with Crippen LogP contribution in [0.1, 0.15) is 28.0 Å². The van der Waals surface area contributed by atoms with Crippen molar-refractivity contribution in [3.8, 4) is 0 Å². The Balaban J connectivity index is 1.61. The molecule has 1 atom stereocenters. The third-order valence-corrected chi connectivity index (χ3v) is 4.59. The molecule has 1 aromatic heterocycles. The minimum absolute atomic E-state index is 0.0522. The average molecular weight is 287 g/mol. The van der Waals surface area contributed by atoms with E-state index in [9.17, 15) is 4.79 Å². The number of benzene rings is 1. The van der Waals surface area contributed by atoms with Crippen LogP contribution >= 0.6 is 11.7 Å². The van der Waals surface area contributed by atoms with Gasteiger partial charge in [-0.1, -0.05) is 24.3 Å². The molecule has 1 aromatic carbocycles. The van der Waals surface area contributed by atoms with Crippen LogP contribution in [-0.4, -0.2) is 32.6 Å². The average Bonchev–Trinajstić information content (AvgIpc) is 3.21. The summed E-state index contributed by atoms with van der Waals surface area (Å²) in [6.45, 7) is 1.93. The minimum Gasteiger partial charge on any atom is -0.364 e. The van der Waals surface area contributed by atoms with Crippen molar-refractivity contribution in [2.45, 2.75) is 18.6 Å². The molecule has 1 spiro atoms. The fourth-order valence-corrected chi connectivity index (χ4v) is 3.51. The molecule has 0 aliphatic carbocycles. The van der Waals surface area contributed by atoms with Crippen LogP contribution in [0.25, 0.3) is 0 Å². The van der Waals surface area contributed by atoms with Crippen LogP contribution in [0.4, 0.5) is 0 Å². The van der Waals surface area contributed by atoms with E-state index in [-0.39, 0.29) is 11.5 Å². The second kappa shape index (κ2) is 4.36. The highest BCUT2D eigenvalue weighted by molar-refractivity contribution is 6.99. The number of carbonyl (C=O) groups excluding carboxylic acids is 1. The maximum atomic E-state index is 12.3. The molecule has 0 saturated carbocycles. The number of nitrogens with zero attached hydrogens (tertiary/aromatic N) is 3. The van der Waals surface area contributed by atoms with Gasteiger partial charge in [0.2, 0.25) is 0 Å². The smallest absolute Gasteiger partial charge is 0.275 e. The van der Waals surface area contributed by atoms with Gasteiger partial charge in [0.05, 0.1) is 31.1 Å². The first-order chi connectivity index (χ1) is 9.78. The molecule has 1 fully saturated rings. The van der Waals surface area contributed by atoms with E-state index >= 15 is 0 Å². The van der Waals surface area contributed by atoms with Gasteiger partial charge in [0.1, 0.15) is 5.60 Å². The molecule has 5 nitrogen and oxygen atoms in total. The lowest BCUT2D eigenvalue weighted by molar-refractivity contribution is -0.0283. The van der Waals surface area contributed by atoms with E-state index in [1.54, 1.807) is 0 Å². The summed E-state index contributed by atoms with van der Waals surface area (Å²) in [5.41, 5.74) is 2.57. The van der Waals surface area contributed by atoms with Crippen molar-refractivity contribution in [3.63, 3.8) is 0 Å².